The molecule has 0 radical (unpaired) electrons. The van der Waals surface area contributed by atoms with E-state index in [1.54, 1.807) is 25.3 Å². The highest BCUT2D eigenvalue weighted by Gasteiger charge is 2.33. The molecule has 0 saturated heterocycles. The van der Waals surface area contributed by atoms with Crippen molar-refractivity contribution in [3.63, 3.8) is 0 Å². The minimum absolute atomic E-state index is 0.00678. The third-order valence-corrected chi connectivity index (χ3v) is 6.93. The molecule has 0 aromatic heterocycles. The largest absolute Gasteiger partial charge is 0.508 e. The molecule has 6 atom stereocenters. The van der Waals surface area contributed by atoms with Gasteiger partial charge in [-0.1, -0.05) is 32.4 Å². The molecule has 40 heavy (non-hydrogen) atoms. The van der Waals surface area contributed by atoms with E-state index >= 15 is 0 Å². The van der Waals surface area contributed by atoms with Crippen molar-refractivity contribution in [2.24, 2.45) is 11.7 Å². The van der Waals surface area contributed by atoms with Crippen LogP contribution in [-0.2, 0) is 30.4 Å². The van der Waals surface area contributed by atoms with E-state index in [9.17, 15) is 34.2 Å². The zero-order chi connectivity index (χ0) is 30.4. The first-order chi connectivity index (χ1) is 18.8. The Morgan fingerprint density at radius 3 is 2.05 bits per heavy atom. The average molecular weight is 584 g/mol. The van der Waals surface area contributed by atoms with Gasteiger partial charge in [0.1, 0.15) is 30.4 Å². The third kappa shape index (κ3) is 11.8. The molecule has 14 heteroatoms. The van der Waals surface area contributed by atoms with E-state index in [-0.39, 0.29) is 24.5 Å². The predicted molar refractivity (Wildman–Crippen MR) is 150 cm³/mol. The summed E-state index contributed by atoms with van der Waals surface area (Å²) in [5, 5.41) is 38.5. The normalized spacial score (nSPS) is 15.4. The Balaban J connectivity index is 3.13. The van der Waals surface area contributed by atoms with Crippen molar-refractivity contribution in [1.29, 1.82) is 0 Å². The number of carboxylic acids is 1. The quantitative estimate of drug-likeness (QED) is 0.113. The number of thioether (sulfide) groups is 1. The van der Waals surface area contributed by atoms with Gasteiger partial charge in [0.25, 0.3) is 0 Å². The number of hydrogen-bond donors (Lipinski definition) is 8. The third-order valence-electron chi connectivity index (χ3n) is 6.29. The fourth-order valence-electron chi connectivity index (χ4n) is 3.57. The van der Waals surface area contributed by atoms with Gasteiger partial charge < -0.3 is 42.3 Å². The van der Waals surface area contributed by atoms with E-state index in [0.29, 0.717) is 17.7 Å². The lowest BCUT2D eigenvalue weighted by molar-refractivity contribution is -0.139. The summed E-state index contributed by atoms with van der Waals surface area (Å²) in [6.45, 7) is 4.31. The monoisotopic (exact) mass is 583 g/mol. The molecule has 0 unspecified atom stereocenters. The van der Waals surface area contributed by atoms with Crippen molar-refractivity contribution in [3.8, 4) is 5.75 Å². The summed E-state index contributed by atoms with van der Waals surface area (Å²) in [5.41, 5.74) is 6.64. The van der Waals surface area contributed by atoms with E-state index in [0.717, 1.165) is 0 Å². The molecular formula is C26H41N5O8S. The zero-order valence-electron chi connectivity index (χ0n) is 23.2. The number of aliphatic carboxylic acids is 1. The molecule has 13 nitrogen and oxygen atoms in total. The summed E-state index contributed by atoms with van der Waals surface area (Å²) in [4.78, 5) is 62.6. The van der Waals surface area contributed by atoms with Gasteiger partial charge in [0.15, 0.2) is 0 Å². The number of aliphatic hydroxyl groups excluding tert-OH is 1. The summed E-state index contributed by atoms with van der Waals surface area (Å²) < 4.78 is 0. The van der Waals surface area contributed by atoms with Gasteiger partial charge in [0.2, 0.25) is 23.6 Å². The molecule has 0 heterocycles. The number of aliphatic hydroxyl groups is 1. The number of nitrogens with two attached hydrogens (primary N) is 1. The van der Waals surface area contributed by atoms with Crippen molar-refractivity contribution in [3.05, 3.63) is 29.8 Å². The fraction of sp³-hybridized carbons (Fsp3) is 0.577. The average Bonchev–Trinajstić information content (AvgIpc) is 2.91. The van der Waals surface area contributed by atoms with Crippen LogP contribution in [0.5, 0.6) is 5.75 Å². The maximum Gasteiger partial charge on any atom is 0.322 e. The van der Waals surface area contributed by atoms with Crippen LogP contribution in [0.4, 0.5) is 0 Å². The van der Waals surface area contributed by atoms with Gasteiger partial charge in [-0.3, -0.25) is 24.0 Å². The number of carbonyl (C=O) groups is 5. The van der Waals surface area contributed by atoms with Gasteiger partial charge in [-0.2, -0.15) is 11.8 Å². The number of nitrogens with one attached hydrogen (secondary N) is 4. The van der Waals surface area contributed by atoms with Crippen LogP contribution in [0.2, 0.25) is 0 Å². The zero-order valence-corrected chi connectivity index (χ0v) is 24.0. The number of amides is 4. The lowest BCUT2D eigenvalue weighted by Gasteiger charge is -2.27. The number of phenolic OH excluding ortho intramolecular Hbond substituents is 1. The topological polar surface area (TPSA) is 220 Å². The standard InChI is InChI=1S/C26H41N5O8S/c1-5-14(2)21(27)25(38)30-19(12-16-6-8-17(33)9-7-16)24(37)31-22(15(3)32)26(39)29-18(10-11-40-4)23(36)28-13-20(34)35/h6-9,14-15,18-19,21-22,32-33H,5,10-13,27H2,1-4H3,(H,28,36)(H,29,39)(H,30,38)(H,31,37)(H,34,35)/t14-,15+,18-,19-,21-,22-/m0/s1. The van der Waals surface area contributed by atoms with Crippen LogP contribution in [0.1, 0.15) is 39.2 Å². The molecule has 9 N–H and O–H groups in total. The Kier molecular flexibility index (Phi) is 15.0. The molecule has 4 amide bonds. The Morgan fingerprint density at radius 1 is 0.925 bits per heavy atom. The van der Waals surface area contributed by atoms with Gasteiger partial charge in [-0.15, -0.1) is 0 Å². The van der Waals surface area contributed by atoms with E-state index < -0.39 is 66.4 Å². The Hall–Kier alpha value is -3.36. The van der Waals surface area contributed by atoms with E-state index in [2.05, 4.69) is 21.3 Å². The number of carbonyl (C=O) groups excluding carboxylic acids is 4. The molecule has 0 fully saturated rings. The highest BCUT2D eigenvalue weighted by molar-refractivity contribution is 7.98. The summed E-state index contributed by atoms with van der Waals surface area (Å²) >= 11 is 1.41. The minimum Gasteiger partial charge on any atom is -0.508 e. The molecule has 224 valence electrons. The van der Waals surface area contributed by atoms with E-state index in [1.165, 1.54) is 30.8 Å². The molecule has 0 aliphatic rings. The number of benzene rings is 1. The lowest BCUT2D eigenvalue weighted by Crippen LogP contribution is -2.61. The first-order valence-corrected chi connectivity index (χ1v) is 14.3. The summed E-state index contributed by atoms with van der Waals surface area (Å²) in [6, 6.07) is 1.30. The summed E-state index contributed by atoms with van der Waals surface area (Å²) in [5.74, 6) is -3.89. The number of hydrogen-bond acceptors (Lipinski definition) is 9. The number of carboxylic acid groups (broad SMARTS) is 1. The van der Waals surface area contributed by atoms with Gasteiger partial charge in [0, 0.05) is 6.42 Å². The second-order valence-corrected chi connectivity index (χ2v) is 10.5. The van der Waals surface area contributed by atoms with Crippen molar-refractivity contribution in [1.82, 2.24) is 21.3 Å². The molecular weight excluding hydrogens is 542 g/mol. The smallest absolute Gasteiger partial charge is 0.322 e. The van der Waals surface area contributed by atoms with Crippen LogP contribution < -0.4 is 27.0 Å². The second kappa shape index (κ2) is 17.4. The van der Waals surface area contributed by atoms with Gasteiger partial charge in [0.05, 0.1) is 12.1 Å². The summed E-state index contributed by atoms with van der Waals surface area (Å²) in [6.07, 6.45) is 1.20. The highest BCUT2D eigenvalue weighted by Crippen LogP contribution is 2.13. The fourth-order valence-corrected chi connectivity index (χ4v) is 4.04. The van der Waals surface area contributed by atoms with Crippen LogP contribution in [-0.4, -0.2) is 93.7 Å². The minimum atomic E-state index is -1.50. The lowest BCUT2D eigenvalue weighted by atomic mass is 9.98. The first-order valence-electron chi connectivity index (χ1n) is 12.9. The summed E-state index contributed by atoms with van der Waals surface area (Å²) in [7, 11) is 0. The van der Waals surface area contributed by atoms with Crippen LogP contribution in [0, 0.1) is 5.92 Å². The molecule has 1 rings (SSSR count). The molecule has 0 saturated carbocycles. The van der Waals surface area contributed by atoms with Crippen molar-refractivity contribution < 1.29 is 39.3 Å². The molecule has 0 spiro atoms. The van der Waals surface area contributed by atoms with Gasteiger partial charge in [-0.25, -0.2) is 0 Å². The number of rotatable bonds is 17. The molecule has 0 bridgehead atoms. The number of phenols is 1. The van der Waals surface area contributed by atoms with Crippen molar-refractivity contribution in [2.45, 2.75) is 70.3 Å². The van der Waals surface area contributed by atoms with Crippen LogP contribution >= 0.6 is 11.8 Å². The van der Waals surface area contributed by atoms with E-state index in [4.69, 9.17) is 10.8 Å². The Labute approximate surface area is 238 Å². The van der Waals surface area contributed by atoms with Crippen molar-refractivity contribution >= 4 is 41.4 Å². The van der Waals surface area contributed by atoms with Gasteiger partial charge in [-0.05, 0) is 49.0 Å². The molecule has 1 aromatic carbocycles. The second-order valence-electron chi connectivity index (χ2n) is 9.52. The van der Waals surface area contributed by atoms with Crippen LogP contribution in [0.25, 0.3) is 0 Å². The molecule has 0 aliphatic carbocycles. The maximum absolute atomic E-state index is 13.3. The van der Waals surface area contributed by atoms with Crippen molar-refractivity contribution in [2.75, 3.05) is 18.6 Å². The van der Waals surface area contributed by atoms with Crippen LogP contribution in [0.15, 0.2) is 24.3 Å². The first kappa shape index (κ1) is 34.7. The van der Waals surface area contributed by atoms with Gasteiger partial charge >= 0.3 is 5.97 Å². The Morgan fingerprint density at radius 2 is 1.52 bits per heavy atom. The Bertz CT molecular complexity index is 1010. The number of aromatic hydroxyl groups is 1. The molecule has 0 aliphatic heterocycles. The SMILES string of the molecule is CC[C@H](C)[C@H](N)C(=O)N[C@@H](Cc1ccc(O)cc1)C(=O)N[C@H](C(=O)N[C@@H](CCSC)C(=O)NCC(=O)O)[C@@H](C)O. The van der Waals surface area contributed by atoms with E-state index in [1.807, 2.05) is 6.92 Å². The highest BCUT2D eigenvalue weighted by atomic mass is 32.2. The maximum atomic E-state index is 13.3. The van der Waals surface area contributed by atoms with Crippen LogP contribution in [0.3, 0.4) is 0 Å². The predicted octanol–water partition coefficient (Wildman–Crippen LogP) is -0.903. The molecule has 1 aromatic rings.